The van der Waals surface area contributed by atoms with E-state index in [0.717, 1.165) is 11.1 Å². The van der Waals surface area contributed by atoms with Gasteiger partial charge in [0, 0.05) is 24.6 Å². The summed E-state index contributed by atoms with van der Waals surface area (Å²) in [5.74, 6) is -2.23. The Morgan fingerprint density at radius 2 is 1.97 bits per heavy atom. The molecule has 0 unspecified atom stereocenters. The van der Waals surface area contributed by atoms with Gasteiger partial charge in [-0.1, -0.05) is 42.5 Å². The molecule has 188 valence electrons. The van der Waals surface area contributed by atoms with E-state index in [4.69, 9.17) is 18.9 Å². The van der Waals surface area contributed by atoms with Crippen LogP contribution in [0.4, 0.5) is 0 Å². The smallest absolute Gasteiger partial charge is 0.312 e. The summed E-state index contributed by atoms with van der Waals surface area (Å²) in [5.41, 5.74) is 1.82. The molecule has 3 rings (SSSR count). The van der Waals surface area contributed by atoms with Gasteiger partial charge in [-0.2, -0.15) is 0 Å². The summed E-state index contributed by atoms with van der Waals surface area (Å²) in [6.45, 7) is 8.23. The lowest BCUT2D eigenvalue weighted by atomic mass is 9.91. The fourth-order valence-corrected chi connectivity index (χ4v) is 4.12. The molecule has 0 saturated carbocycles. The van der Waals surface area contributed by atoms with Gasteiger partial charge in [0.25, 0.3) is 0 Å². The Hall–Kier alpha value is -3.23. The van der Waals surface area contributed by atoms with Crippen molar-refractivity contribution >= 4 is 11.8 Å². The van der Waals surface area contributed by atoms with Gasteiger partial charge in [-0.25, -0.2) is 4.98 Å². The van der Waals surface area contributed by atoms with Gasteiger partial charge >= 0.3 is 5.97 Å². The number of ketones is 1. The van der Waals surface area contributed by atoms with E-state index in [2.05, 4.69) is 11.6 Å². The van der Waals surface area contributed by atoms with Gasteiger partial charge < -0.3 is 24.1 Å². The number of benzene rings is 1. The zero-order valence-electron chi connectivity index (χ0n) is 20.4. The van der Waals surface area contributed by atoms with Crippen molar-refractivity contribution in [2.75, 3.05) is 26.9 Å². The number of carbonyl (C=O) groups is 2. The number of hydrogen-bond acceptors (Lipinski definition) is 8. The topological polar surface area (TPSA) is 104 Å². The van der Waals surface area contributed by atoms with Crippen molar-refractivity contribution in [1.82, 2.24) is 4.98 Å². The number of rotatable bonds is 9. The first-order valence-corrected chi connectivity index (χ1v) is 11.6. The third kappa shape index (κ3) is 7.13. The second-order valence-electron chi connectivity index (χ2n) is 8.90. The molecule has 1 aliphatic rings. The molecule has 1 saturated heterocycles. The molecule has 1 aromatic heterocycles. The van der Waals surface area contributed by atoms with E-state index in [1.54, 1.807) is 6.92 Å². The highest BCUT2D eigenvalue weighted by Gasteiger charge is 2.36. The van der Waals surface area contributed by atoms with E-state index in [1.165, 1.54) is 19.4 Å². The van der Waals surface area contributed by atoms with Gasteiger partial charge in [0.2, 0.25) is 0 Å². The first kappa shape index (κ1) is 26.4. The molecular weight excluding hydrogens is 450 g/mol. The Morgan fingerprint density at radius 1 is 1.23 bits per heavy atom. The van der Waals surface area contributed by atoms with Crippen LogP contribution in [0, 0.1) is 11.8 Å². The van der Waals surface area contributed by atoms with E-state index < -0.39 is 29.9 Å². The molecule has 8 nitrogen and oxygen atoms in total. The maximum absolute atomic E-state index is 13.0. The van der Waals surface area contributed by atoms with Crippen molar-refractivity contribution in [3.63, 3.8) is 0 Å². The number of hydrogen-bond donors (Lipinski definition) is 1. The number of cyclic esters (lactones) is 1. The zero-order chi connectivity index (χ0) is 25.4. The standard InChI is InChI=1S/C27H33NO7/c1-17(2)14-34-26-18(3)35-27(31)21(13-22(29)24-25(30)23(32-4)10-11-28-24)16-33-15-20(26)12-19-8-6-5-7-9-19/h5-11,18,20-21,26,30H,1,12-16H2,2-4H3/t18-,20-,21-,26-/m0/s1. The number of aromatic nitrogens is 1. The van der Waals surface area contributed by atoms with Crippen molar-refractivity contribution in [2.24, 2.45) is 11.8 Å². The van der Waals surface area contributed by atoms with Crippen LogP contribution in [0.15, 0.2) is 54.7 Å². The summed E-state index contributed by atoms with van der Waals surface area (Å²) in [4.78, 5) is 29.9. The third-order valence-electron chi connectivity index (χ3n) is 5.88. The van der Waals surface area contributed by atoms with Gasteiger partial charge in [0.1, 0.15) is 6.10 Å². The molecule has 8 heteroatoms. The lowest BCUT2D eigenvalue weighted by molar-refractivity contribution is -0.162. The van der Waals surface area contributed by atoms with Crippen LogP contribution in [-0.2, 0) is 25.4 Å². The summed E-state index contributed by atoms with van der Waals surface area (Å²) < 4.78 is 22.9. The SMILES string of the molecule is C=C(C)CO[C@@H]1[C@@H](Cc2ccccc2)COC[C@H](CC(=O)c2nccc(OC)c2O)C(=O)O[C@H]1C. The number of Topliss-reactive ketones (excluding diaryl/α,β-unsaturated/α-hetero) is 1. The minimum atomic E-state index is -0.852. The number of nitrogens with zero attached hydrogens (tertiary/aromatic N) is 1. The predicted molar refractivity (Wildman–Crippen MR) is 129 cm³/mol. The van der Waals surface area contributed by atoms with Crippen molar-refractivity contribution in [3.05, 3.63) is 66.0 Å². The fraction of sp³-hybridized carbons (Fsp3) is 0.444. The van der Waals surface area contributed by atoms with E-state index in [9.17, 15) is 14.7 Å². The molecule has 0 radical (unpaired) electrons. The monoisotopic (exact) mass is 483 g/mol. The van der Waals surface area contributed by atoms with Crippen molar-refractivity contribution in [1.29, 1.82) is 0 Å². The van der Waals surface area contributed by atoms with Gasteiger partial charge in [-0.3, -0.25) is 9.59 Å². The number of pyridine rings is 1. The summed E-state index contributed by atoms with van der Waals surface area (Å²) in [5, 5.41) is 10.3. The first-order valence-electron chi connectivity index (χ1n) is 11.6. The van der Waals surface area contributed by atoms with Gasteiger partial charge in [-0.05, 0) is 25.8 Å². The summed E-state index contributed by atoms with van der Waals surface area (Å²) in [6.07, 6.45) is 0.825. The lowest BCUT2D eigenvalue weighted by Crippen LogP contribution is -2.40. The molecule has 35 heavy (non-hydrogen) atoms. The van der Waals surface area contributed by atoms with Gasteiger partial charge in [0.05, 0.1) is 39.0 Å². The first-order chi connectivity index (χ1) is 16.8. The maximum Gasteiger partial charge on any atom is 0.312 e. The molecule has 0 amide bonds. The molecular formula is C27H33NO7. The second-order valence-corrected chi connectivity index (χ2v) is 8.90. The Labute approximate surface area is 205 Å². The van der Waals surface area contributed by atoms with Crippen LogP contribution in [-0.4, -0.2) is 61.0 Å². The molecule has 1 aromatic carbocycles. The van der Waals surface area contributed by atoms with Gasteiger partial charge in [-0.15, -0.1) is 0 Å². The number of carbonyl (C=O) groups excluding carboxylic acids is 2. The number of ether oxygens (including phenoxy) is 4. The number of methoxy groups -OCH3 is 1. The summed E-state index contributed by atoms with van der Waals surface area (Å²) in [6, 6.07) is 11.4. The molecule has 0 spiro atoms. The third-order valence-corrected chi connectivity index (χ3v) is 5.88. The Balaban J connectivity index is 1.78. The highest BCUT2D eigenvalue weighted by atomic mass is 16.6. The molecule has 1 N–H and O–H groups in total. The van der Waals surface area contributed by atoms with Crippen LogP contribution < -0.4 is 4.74 Å². The van der Waals surface area contributed by atoms with Crippen LogP contribution in [0.5, 0.6) is 11.5 Å². The molecule has 1 aliphatic heterocycles. The highest BCUT2D eigenvalue weighted by Crippen LogP contribution is 2.30. The van der Waals surface area contributed by atoms with E-state index in [1.807, 2.05) is 37.3 Å². The number of esters is 1. The highest BCUT2D eigenvalue weighted by molar-refractivity contribution is 5.99. The molecule has 1 fully saturated rings. The van der Waals surface area contributed by atoms with E-state index in [-0.39, 0.29) is 36.1 Å². The molecule has 2 heterocycles. The quantitative estimate of drug-likeness (QED) is 0.327. The normalized spacial score (nSPS) is 22.9. The number of aromatic hydroxyl groups is 1. The van der Waals surface area contributed by atoms with Crippen molar-refractivity contribution < 1.29 is 33.6 Å². The zero-order valence-corrected chi connectivity index (χ0v) is 20.4. The fourth-order valence-electron chi connectivity index (χ4n) is 4.12. The largest absolute Gasteiger partial charge is 0.503 e. The molecule has 2 aromatic rings. The summed E-state index contributed by atoms with van der Waals surface area (Å²) >= 11 is 0. The van der Waals surface area contributed by atoms with Crippen LogP contribution in [0.1, 0.15) is 36.3 Å². The minimum Gasteiger partial charge on any atom is -0.503 e. The van der Waals surface area contributed by atoms with Crippen LogP contribution in [0.2, 0.25) is 0 Å². The predicted octanol–water partition coefficient (Wildman–Crippen LogP) is 3.77. The Morgan fingerprint density at radius 3 is 2.66 bits per heavy atom. The van der Waals surface area contributed by atoms with Crippen LogP contribution in [0.25, 0.3) is 0 Å². The van der Waals surface area contributed by atoms with Crippen LogP contribution in [0.3, 0.4) is 0 Å². The minimum absolute atomic E-state index is 0.000515. The van der Waals surface area contributed by atoms with E-state index in [0.29, 0.717) is 19.6 Å². The van der Waals surface area contributed by atoms with Crippen molar-refractivity contribution in [3.8, 4) is 11.5 Å². The summed E-state index contributed by atoms with van der Waals surface area (Å²) in [7, 11) is 1.38. The Kier molecular flexibility index (Phi) is 9.39. The second kappa shape index (κ2) is 12.5. The lowest BCUT2D eigenvalue weighted by Gasteiger charge is -2.31. The van der Waals surface area contributed by atoms with Crippen molar-refractivity contribution in [2.45, 2.75) is 38.9 Å². The van der Waals surface area contributed by atoms with Crippen LogP contribution >= 0.6 is 0 Å². The van der Waals surface area contributed by atoms with Gasteiger partial charge in [0.15, 0.2) is 23.0 Å². The molecule has 0 bridgehead atoms. The van der Waals surface area contributed by atoms with E-state index >= 15 is 0 Å². The maximum atomic E-state index is 13.0. The average molecular weight is 484 g/mol. The Bertz CT molecular complexity index is 1020. The average Bonchev–Trinajstić information content (AvgIpc) is 2.87. The molecule has 4 atom stereocenters. The molecule has 0 aliphatic carbocycles.